The minimum Gasteiger partial charge on any atom is -0.460 e. The molecule has 0 saturated heterocycles. The van der Waals surface area contributed by atoms with Gasteiger partial charge < -0.3 is 4.42 Å². The van der Waals surface area contributed by atoms with Crippen molar-refractivity contribution in [1.82, 2.24) is 4.98 Å². The van der Waals surface area contributed by atoms with E-state index in [1.807, 2.05) is 56.5 Å². The average molecular weight is 312 g/mol. The highest BCUT2D eigenvalue weighted by Gasteiger charge is 2.13. The number of nitrogens with zero attached hydrogens (tertiary/aromatic N) is 1. The summed E-state index contributed by atoms with van der Waals surface area (Å²) in [5.74, 6) is 1.41. The van der Waals surface area contributed by atoms with Gasteiger partial charge >= 0.3 is 0 Å². The largest absolute Gasteiger partial charge is 0.460 e. The molecule has 0 atom stereocenters. The number of thiazole rings is 1. The Labute approximate surface area is 132 Å². The third kappa shape index (κ3) is 2.94. The van der Waals surface area contributed by atoms with Crippen LogP contribution in [-0.2, 0) is 0 Å². The van der Waals surface area contributed by atoms with Crippen molar-refractivity contribution in [1.29, 1.82) is 0 Å². The molecule has 5 heteroatoms. The van der Waals surface area contributed by atoms with Gasteiger partial charge in [-0.1, -0.05) is 17.7 Å². The molecule has 112 valence electrons. The molecule has 1 N–H and O–H groups in total. The zero-order valence-corrected chi connectivity index (χ0v) is 13.5. The number of aryl methyl sites for hydroxylation is 3. The Morgan fingerprint density at radius 1 is 1.18 bits per heavy atom. The molecule has 0 spiro atoms. The third-order valence-electron chi connectivity index (χ3n) is 3.36. The zero-order valence-electron chi connectivity index (χ0n) is 12.6. The van der Waals surface area contributed by atoms with Gasteiger partial charge in [0.1, 0.15) is 11.5 Å². The maximum Gasteiger partial charge on any atom is 0.257 e. The Morgan fingerprint density at radius 3 is 2.73 bits per heavy atom. The lowest BCUT2D eigenvalue weighted by Crippen LogP contribution is -2.13. The van der Waals surface area contributed by atoms with Gasteiger partial charge in [0.2, 0.25) is 0 Å². The van der Waals surface area contributed by atoms with E-state index in [1.54, 1.807) is 0 Å². The number of furan rings is 1. The number of rotatable bonds is 3. The molecule has 0 bridgehead atoms. The molecule has 3 rings (SSSR count). The third-order valence-corrected chi connectivity index (χ3v) is 4.11. The predicted molar refractivity (Wildman–Crippen MR) is 88.4 cm³/mol. The van der Waals surface area contributed by atoms with Crippen LogP contribution in [0.4, 0.5) is 5.13 Å². The van der Waals surface area contributed by atoms with E-state index in [2.05, 4.69) is 10.3 Å². The molecule has 0 radical (unpaired) electrons. The van der Waals surface area contributed by atoms with E-state index in [9.17, 15) is 4.79 Å². The van der Waals surface area contributed by atoms with Crippen LogP contribution in [0.15, 0.2) is 40.1 Å². The predicted octanol–water partition coefficient (Wildman–Crippen LogP) is 4.58. The van der Waals surface area contributed by atoms with Gasteiger partial charge in [0.05, 0.1) is 0 Å². The minimum absolute atomic E-state index is 0.141. The Balaban J connectivity index is 1.80. The first-order valence-electron chi connectivity index (χ1n) is 6.94. The van der Waals surface area contributed by atoms with Crippen molar-refractivity contribution in [2.75, 3.05) is 5.32 Å². The van der Waals surface area contributed by atoms with E-state index in [1.165, 1.54) is 11.3 Å². The molecule has 1 amide bonds. The number of anilines is 1. The summed E-state index contributed by atoms with van der Waals surface area (Å²) in [6.45, 7) is 5.78. The number of aromatic nitrogens is 1. The molecule has 2 heterocycles. The molecule has 22 heavy (non-hydrogen) atoms. The molecule has 0 unspecified atom stereocenters. The van der Waals surface area contributed by atoms with Gasteiger partial charge in [-0.05, 0) is 44.5 Å². The van der Waals surface area contributed by atoms with Gasteiger partial charge in [-0.3, -0.25) is 10.1 Å². The molecule has 2 aromatic heterocycles. The summed E-state index contributed by atoms with van der Waals surface area (Å²) in [4.78, 5) is 16.8. The fourth-order valence-corrected chi connectivity index (χ4v) is 2.86. The van der Waals surface area contributed by atoms with Gasteiger partial charge in [-0.15, -0.1) is 11.3 Å². The van der Waals surface area contributed by atoms with Crippen molar-refractivity contribution in [3.05, 3.63) is 58.2 Å². The van der Waals surface area contributed by atoms with E-state index in [4.69, 9.17) is 4.42 Å². The smallest absolute Gasteiger partial charge is 0.257 e. The second-order valence-electron chi connectivity index (χ2n) is 5.22. The lowest BCUT2D eigenvalue weighted by atomic mass is 10.1. The van der Waals surface area contributed by atoms with Crippen LogP contribution in [0.25, 0.3) is 11.5 Å². The Hall–Kier alpha value is -2.40. The van der Waals surface area contributed by atoms with Crippen LogP contribution in [-0.4, -0.2) is 10.9 Å². The Morgan fingerprint density at radius 2 is 2.00 bits per heavy atom. The standard InChI is InChI=1S/C17H16N2O2S/c1-10-4-5-11(2)13(8-10)16(20)19-17-18-14(9-22-17)15-7-6-12(3)21-15/h4-9H,1-3H3,(H,18,19,20). The Bertz CT molecular complexity index is 833. The summed E-state index contributed by atoms with van der Waals surface area (Å²) in [5, 5.41) is 5.29. The van der Waals surface area contributed by atoms with Crippen molar-refractivity contribution in [2.45, 2.75) is 20.8 Å². The number of hydrogen-bond acceptors (Lipinski definition) is 4. The number of nitrogens with one attached hydrogen (secondary N) is 1. The summed E-state index contributed by atoms with van der Waals surface area (Å²) in [7, 11) is 0. The van der Waals surface area contributed by atoms with Crippen molar-refractivity contribution >= 4 is 22.4 Å². The van der Waals surface area contributed by atoms with Gasteiger partial charge in [0.25, 0.3) is 5.91 Å². The molecule has 0 fully saturated rings. The quantitative estimate of drug-likeness (QED) is 0.770. The van der Waals surface area contributed by atoms with Crippen molar-refractivity contribution in [2.24, 2.45) is 0 Å². The van der Waals surface area contributed by atoms with E-state index >= 15 is 0 Å². The summed E-state index contributed by atoms with van der Waals surface area (Å²) in [5.41, 5.74) is 3.41. The monoisotopic (exact) mass is 312 g/mol. The van der Waals surface area contributed by atoms with Crippen LogP contribution >= 0.6 is 11.3 Å². The van der Waals surface area contributed by atoms with E-state index in [-0.39, 0.29) is 5.91 Å². The maximum absolute atomic E-state index is 12.4. The number of carbonyl (C=O) groups is 1. The fourth-order valence-electron chi connectivity index (χ4n) is 2.16. The summed E-state index contributed by atoms with van der Waals surface area (Å²) in [6, 6.07) is 9.59. The van der Waals surface area contributed by atoms with E-state index < -0.39 is 0 Å². The van der Waals surface area contributed by atoms with Gasteiger partial charge in [-0.25, -0.2) is 4.98 Å². The lowest BCUT2D eigenvalue weighted by Gasteiger charge is -2.06. The highest BCUT2D eigenvalue weighted by atomic mass is 32.1. The first-order chi connectivity index (χ1) is 10.5. The molecule has 0 aliphatic carbocycles. The van der Waals surface area contributed by atoms with Crippen molar-refractivity contribution in [3.63, 3.8) is 0 Å². The van der Waals surface area contributed by atoms with Crippen molar-refractivity contribution in [3.8, 4) is 11.5 Å². The van der Waals surface area contributed by atoms with Crippen LogP contribution < -0.4 is 5.32 Å². The van der Waals surface area contributed by atoms with Gasteiger partial charge in [0, 0.05) is 10.9 Å². The molecular weight excluding hydrogens is 296 g/mol. The number of benzene rings is 1. The normalized spacial score (nSPS) is 10.7. The van der Waals surface area contributed by atoms with Crippen LogP contribution in [0.5, 0.6) is 0 Å². The van der Waals surface area contributed by atoms with Crippen LogP contribution in [0.3, 0.4) is 0 Å². The second kappa shape index (κ2) is 5.77. The minimum atomic E-state index is -0.141. The summed E-state index contributed by atoms with van der Waals surface area (Å²) < 4.78 is 5.54. The first kappa shape index (κ1) is 14.5. The highest BCUT2D eigenvalue weighted by Crippen LogP contribution is 2.26. The molecule has 0 aliphatic heterocycles. The second-order valence-corrected chi connectivity index (χ2v) is 6.08. The molecule has 1 aromatic carbocycles. The van der Waals surface area contributed by atoms with Gasteiger partial charge in [-0.2, -0.15) is 0 Å². The average Bonchev–Trinajstić information content (AvgIpc) is 3.10. The summed E-state index contributed by atoms with van der Waals surface area (Å²) in [6.07, 6.45) is 0. The summed E-state index contributed by atoms with van der Waals surface area (Å²) >= 11 is 1.38. The van der Waals surface area contributed by atoms with E-state index in [0.29, 0.717) is 16.5 Å². The van der Waals surface area contributed by atoms with E-state index in [0.717, 1.165) is 22.6 Å². The maximum atomic E-state index is 12.4. The van der Waals surface area contributed by atoms with Crippen molar-refractivity contribution < 1.29 is 9.21 Å². The highest BCUT2D eigenvalue weighted by molar-refractivity contribution is 7.14. The molecule has 0 saturated carbocycles. The first-order valence-corrected chi connectivity index (χ1v) is 7.82. The zero-order chi connectivity index (χ0) is 15.7. The van der Waals surface area contributed by atoms with Crippen LogP contribution in [0, 0.1) is 20.8 Å². The van der Waals surface area contributed by atoms with Gasteiger partial charge in [0.15, 0.2) is 10.9 Å². The molecular formula is C17H16N2O2S. The topological polar surface area (TPSA) is 55.1 Å². The van der Waals surface area contributed by atoms with Crippen LogP contribution in [0.1, 0.15) is 27.2 Å². The number of amides is 1. The molecule has 4 nitrogen and oxygen atoms in total. The number of hydrogen-bond donors (Lipinski definition) is 1. The lowest BCUT2D eigenvalue weighted by molar-refractivity contribution is 0.102. The fraction of sp³-hybridized carbons (Fsp3) is 0.176. The Kier molecular flexibility index (Phi) is 3.81. The number of carbonyl (C=O) groups excluding carboxylic acids is 1. The van der Waals surface area contributed by atoms with Crippen LogP contribution in [0.2, 0.25) is 0 Å². The molecule has 0 aliphatic rings. The SMILES string of the molecule is Cc1ccc(C)c(C(=O)Nc2nc(-c3ccc(C)o3)cs2)c1. The molecule has 3 aromatic rings.